The number of para-hydroxylation sites is 1. The lowest BCUT2D eigenvalue weighted by Gasteiger charge is -2.09. The Kier molecular flexibility index (Phi) is 6.16. The van der Waals surface area contributed by atoms with E-state index in [1.165, 1.54) is 24.4 Å². The van der Waals surface area contributed by atoms with E-state index in [0.29, 0.717) is 12.5 Å². The van der Waals surface area contributed by atoms with Crippen LogP contribution in [0.2, 0.25) is 0 Å². The first-order chi connectivity index (χ1) is 11.9. The molecule has 7 heteroatoms. The van der Waals surface area contributed by atoms with Gasteiger partial charge in [0.25, 0.3) is 11.8 Å². The minimum absolute atomic E-state index is 0.0606. The van der Waals surface area contributed by atoms with E-state index in [4.69, 9.17) is 0 Å². The molecule has 1 aromatic carbocycles. The zero-order chi connectivity index (χ0) is 18.4. The van der Waals surface area contributed by atoms with Gasteiger partial charge in [0, 0.05) is 18.3 Å². The third kappa shape index (κ3) is 5.07. The maximum Gasteiger partial charge on any atom is 0.269 e. The molecule has 2 rings (SSSR count). The molecule has 2 aromatic rings. The van der Waals surface area contributed by atoms with Crippen molar-refractivity contribution in [2.75, 3.05) is 11.9 Å². The number of hydrogen-bond acceptors (Lipinski definition) is 3. The van der Waals surface area contributed by atoms with Crippen molar-refractivity contribution in [1.29, 1.82) is 0 Å². The minimum Gasteiger partial charge on any atom is -0.351 e. The minimum atomic E-state index is -0.881. The van der Waals surface area contributed by atoms with Gasteiger partial charge >= 0.3 is 0 Å². The quantitative estimate of drug-likeness (QED) is 0.841. The maximum absolute atomic E-state index is 13.6. The summed E-state index contributed by atoms with van der Waals surface area (Å²) in [5.74, 6) is -2.46. The lowest BCUT2D eigenvalue weighted by Crippen LogP contribution is -2.26. The smallest absolute Gasteiger partial charge is 0.269 e. The van der Waals surface area contributed by atoms with E-state index in [-0.39, 0.29) is 11.3 Å². The number of aromatic nitrogens is 1. The molecule has 0 saturated heterocycles. The maximum atomic E-state index is 13.6. The third-order valence-electron chi connectivity index (χ3n) is 3.46. The van der Waals surface area contributed by atoms with Crippen LogP contribution in [0.5, 0.6) is 0 Å². The van der Waals surface area contributed by atoms with E-state index in [1.54, 1.807) is 0 Å². The van der Waals surface area contributed by atoms with E-state index in [9.17, 15) is 18.4 Å². The number of carbonyl (C=O) groups is 2. The number of halogens is 2. The van der Waals surface area contributed by atoms with Crippen LogP contribution in [-0.2, 0) is 0 Å². The average molecular weight is 347 g/mol. The summed E-state index contributed by atoms with van der Waals surface area (Å²) in [5, 5.41) is 4.88. The normalized spacial score (nSPS) is 10.6. The lowest BCUT2D eigenvalue weighted by atomic mass is 10.1. The molecule has 0 bridgehead atoms. The van der Waals surface area contributed by atoms with Crippen molar-refractivity contribution < 1.29 is 18.4 Å². The van der Waals surface area contributed by atoms with Crippen molar-refractivity contribution in [3.8, 4) is 0 Å². The predicted molar refractivity (Wildman–Crippen MR) is 90.3 cm³/mol. The van der Waals surface area contributed by atoms with Crippen molar-refractivity contribution in [3.63, 3.8) is 0 Å². The molecule has 132 valence electrons. The Morgan fingerprint density at radius 1 is 1.12 bits per heavy atom. The van der Waals surface area contributed by atoms with Gasteiger partial charge in [0.2, 0.25) is 0 Å². The predicted octanol–water partition coefficient (Wildman–Crippen LogP) is 3.39. The SMILES string of the molecule is CC(C)CCNC(=O)c1cc(C(=O)Nc2c(F)cccc2F)ccn1. The van der Waals surface area contributed by atoms with Gasteiger partial charge in [-0.25, -0.2) is 8.78 Å². The van der Waals surface area contributed by atoms with Gasteiger partial charge in [-0.2, -0.15) is 0 Å². The number of benzene rings is 1. The van der Waals surface area contributed by atoms with Gasteiger partial charge < -0.3 is 10.6 Å². The number of pyridine rings is 1. The molecule has 0 radical (unpaired) electrons. The number of nitrogens with zero attached hydrogens (tertiary/aromatic N) is 1. The van der Waals surface area contributed by atoms with Gasteiger partial charge in [-0.1, -0.05) is 19.9 Å². The highest BCUT2D eigenvalue weighted by molar-refractivity contribution is 6.05. The van der Waals surface area contributed by atoms with Crippen molar-refractivity contribution in [3.05, 3.63) is 59.4 Å². The fourth-order valence-electron chi connectivity index (χ4n) is 2.06. The summed E-state index contributed by atoms with van der Waals surface area (Å²) in [6.07, 6.45) is 2.11. The highest BCUT2D eigenvalue weighted by Gasteiger charge is 2.15. The molecule has 0 aliphatic carbocycles. The first kappa shape index (κ1) is 18.5. The largest absolute Gasteiger partial charge is 0.351 e. The lowest BCUT2D eigenvalue weighted by molar-refractivity contribution is 0.0947. The van der Waals surface area contributed by atoms with Gasteiger partial charge in [-0.15, -0.1) is 0 Å². The summed E-state index contributed by atoms with van der Waals surface area (Å²) in [4.78, 5) is 28.2. The van der Waals surface area contributed by atoms with Crippen molar-refractivity contribution in [2.45, 2.75) is 20.3 Å². The monoisotopic (exact) mass is 347 g/mol. The summed E-state index contributed by atoms with van der Waals surface area (Å²) in [7, 11) is 0. The molecule has 0 spiro atoms. The summed E-state index contributed by atoms with van der Waals surface area (Å²) in [5.41, 5.74) is -0.399. The zero-order valence-electron chi connectivity index (χ0n) is 14.0. The molecule has 25 heavy (non-hydrogen) atoms. The summed E-state index contributed by atoms with van der Waals surface area (Å²) < 4.78 is 27.2. The first-order valence-corrected chi connectivity index (χ1v) is 7.88. The van der Waals surface area contributed by atoms with E-state index < -0.39 is 29.1 Å². The van der Waals surface area contributed by atoms with Crippen molar-refractivity contribution >= 4 is 17.5 Å². The Labute approximate surface area is 144 Å². The first-order valence-electron chi connectivity index (χ1n) is 7.88. The van der Waals surface area contributed by atoms with Gasteiger partial charge in [-0.3, -0.25) is 14.6 Å². The number of rotatable bonds is 6. The van der Waals surface area contributed by atoms with Crippen LogP contribution in [0.25, 0.3) is 0 Å². The number of carbonyl (C=O) groups excluding carboxylic acids is 2. The fraction of sp³-hybridized carbons (Fsp3) is 0.278. The zero-order valence-corrected chi connectivity index (χ0v) is 14.0. The highest BCUT2D eigenvalue weighted by atomic mass is 19.1. The van der Waals surface area contributed by atoms with Gasteiger partial charge in [0.1, 0.15) is 23.0 Å². The molecule has 1 heterocycles. The third-order valence-corrected chi connectivity index (χ3v) is 3.46. The number of amides is 2. The second kappa shape index (κ2) is 8.32. The molecule has 5 nitrogen and oxygen atoms in total. The Hall–Kier alpha value is -2.83. The van der Waals surface area contributed by atoms with E-state index in [2.05, 4.69) is 15.6 Å². The Morgan fingerprint density at radius 3 is 2.44 bits per heavy atom. The van der Waals surface area contributed by atoms with Crippen LogP contribution in [0.3, 0.4) is 0 Å². The second-order valence-electron chi connectivity index (χ2n) is 5.92. The molecule has 0 aliphatic rings. The number of anilines is 1. The highest BCUT2D eigenvalue weighted by Crippen LogP contribution is 2.19. The van der Waals surface area contributed by atoms with Crippen LogP contribution in [0.1, 0.15) is 41.1 Å². The summed E-state index contributed by atoms with van der Waals surface area (Å²) in [6, 6.07) is 5.92. The molecular formula is C18H19F2N3O2. The molecule has 0 fully saturated rings. The standard InChI is InChI=1S/C18H19F2N3O2/c1-11(2)6-8-22-18(25)15-10-12(7-9-21-15)17(24)23-16-13(19)4-3-5-14(16)20/h3-5,7,9-11H,6,8H2,1-2H3,(H,22,25)(H,23,24). The van der Waals surface area contributed by atoms with Crippen molar-refractivity contribution in [1.82, 2.24) is 10.3 Å². The summed E-state index contributed by atoms with van der Waals surface area (Å²) >= 11 is 0. The van der Waals surface area contributed by atoms with Gasteiger partial charge in [0.05, 0.1) is 0 Å². The molecule has 2 amide bonds. The van der Waals surface area contributed by atoms with Gasteiger partial charge in [-0.05, 0) is 36.6 Å². The molecule has 1 aromatic heterocycles. The van der Waals surface area contributed by atoms with Gasteiger partial charge in [0.15, 0.2) is 0 Å². The number of nitrogens with one attached hydrogen (secondary N) is 2. The van der Waals surface area contributed by atoms with Crippen LogP contribution >= 0.6 is 0 Å². The fourth-order valence-corrected chi connectivity index (χ4v) is 2.06. The van der Waals surface area contributed by atoms with E-state index in [1.807, 2.05) is 13.8 Å². The van der Waals surface area contributed by atoms with Crippen molar-refractivity contribution in [2.24, 2.45) is 5.92 Å². The van der Waals surface area contributed by atoms with Crippen LogP contribution in [0.4, 0.5) is 14.5 Å². The Morgan fingerprint density at radius 2 is 1.80 bits per heavy atom. The molecule has 0 unspecified atom stereocenters. The molecule has 2 N–H and O–H groups in total. The Bertz CT molecular complexity index is 758. The molecule has 0 saturated carbocycles. The van der Waals surface area contributed by atoms with E-state index in [0.717, 1.165) is 18.6 Å². The Balaban J connectivity index is 2.10. The van der Waals surface area contributed by atoms with Crippen LogP contribution in [0, 0.1) is 17.6 Å². The topological polar surface area (TPSA) is 71.1 Å². The number of hydrogen-bond donors (Lipinski definition) is 2. The average Bonchev–Trinajstić information content (AvgIpc) is 2.58. The molecule has 0 atom stereocenters. The molecule has 0 aliphatic heterocycles. The van der Waals surface area contributed by atoms with E-state index >= 15 is 0 Å². The van der Waals surface area contributed by atoms with Crippen LogP contribution in [-0.4, -0.2) is 23.3 Å². The second-order valence-corrected chi connectivity index (χ2v) is 5.92. The molecular weight excluding hydrogens is 328 g/mol. The van der Waals surface area contributed by atoms with Crippen LogP contribution < -0.4 is 10.6 Å². The van der Waals surface area contributed by atoms with Crippen LogP contribution in [0.15, 0.2) is 36.5 Å². The summed E-state index contributed by atoms with van der Waals surface area (Å²) in [6.45, 7) is 4.57.